The third-order valence-electron chi connectivity index (χ3n) is 3.85. The molecule has 124 valence electrons. The van der Waals surface area contributed by atoms with Crippen LogP contribution < -0.4 is 0 Å². The van der Waals surface area contributed by atoms with Crippen molar-refractivity contribution in [1.29, 1.82) is 0 Å². The summed E-state index contributed by atoms with van der Waals surface area (Å²) in [6, 6.07) is 7.42. The van der Waals surface area contributed by atoms with Crippen molar-refractivity contribution >= 4 is 17.6 Å². The van der Waals surface area contributed by atoms with Crippen LogP contribution in [0.2, 0.25) is 0 Å². The number of halogens is 1. The maximum atomic E-state index is 12.3. The van der Waals surface area contributed by atoms with Gasteiger partial charge in [-0.15, -0.1) is 11.6 Å². The zero-order valence-corrected chi connectivity index (χ0v) is 14.4. The largest absolute Gasteiger partial charge is 0.461 e. The first-order chi connectivity index (χ1) is 11.0. The van der Waals surface area contributed by atoms with Gasteiger partial charge in [0.25, 0.3) is 0 Å². The van der Waals surface area contributed by atoms with E-state index in [2.05, 4.69) is 0 Å². The summed E-state index contributed by atoms with van der Waals surface area (Å²) >= 11 is 5.80. The molecule has 0 aliphatic carbocycles. The number of aryl methyl sites for hydroxylation is 2. The number of nitrogens with zero attached hydrogens (tertiary/aromatic N) is 1. The van der Waals surface area contributed by atoms with Gasteiger partial charge in [-0.3, -0.25) is 0 Å². The number of rotatable bonds is 6. The van der Waals surface area contributed by atoms with Gasteiger partial charge in [0.15, 0.2) is 0 Å². The van der Waals surface area contributed by atoms with Crippen LogP contribution in [0, 0.1) is 6.92 Å². The van der Waals surface area contributed by atoms with Gasteiger partial charge < -0.3 is 14.4 Å². The number of aliphatic hydroxyl groups excluding tert-OH is 1. The fraction of sp³-hybridized carbons (Fsp3) is 0.389. The normalized spacial score (nSPS) is 12.2. The van der Waals surface area contributed by atoms with E-state index in [-0.39, 0.29) is 0 Å². The molecule has 4 nitrogen and oxygen atoms in total. The zero-order valence-electron chi connectivity index (χ0n) is 13.7. The van der Waals surface area contributed by atoms with Gasteiger partial charge in [-0.2, -0.15) is 0 Å². The fourth-order valence-electron chi connectivity index (χ4n) is 2.69. The Morgan fingerprint density at radius 3 is 2.48 bits per heavy atom. The quantitative estimate of drug-likeness (QED) is 0.645. The van der Waals surface area contributed by atoms with Crippen molar-refractivity contribution in [3.63, 3.8) is 0 Å². The Morgan fingerprint density at radius 1 is 1.30 bits per heavy atom. The summed E-state index contributed by atoms with van der Waals surface area (Å²) in [5.74, 6) is 0.0178. The molecule has 0 amide bonds. The highest BCUT2D eigenvalue weighted by Crippen LogP contribution is 2.30. The molecular formula is C18H22ClNO3. The molecule has 0 saturated heterocycles. The topological polar surface area (TPSA) is 51.5 Å². The molecule has 0 aliphatic heterocycles. The molecule has 0 saturated carbocycles. The second kappa shape index (κ2) is 7.66. The van der Waals surface area contributed by atoms with Crippen molar-refractivity contribution in [2.45, 2.75) is 39.3 Å². The van der Waals surface area contributed by atoms with Gasteiger partial charge >= 0.3 is 5.97 Å². The van der Waals surface area contributed by atoms with Gasteiger partial charge in [-0.1, -0.05) is 24.3 Å². The van der Waals surface area contributed by atoms with E-state index in [1.807, 2.05) is 48.9 Å². The lowest BCUT2D eigenvalue weighted by molar-refractivity contribution is 0.0508. The van der Waals surface area contributed by atoms with Crippen LogP contribution in [-0.4, -0.2) is 22.2 Å². The summed E-state index contributed by atoms with van der Waals surface area (Å²) in [5.41, 5.74) is 3.59. The molecular weight excluding hydrogens is 314 g/mol. The summed E-state index contributed by atoms with van der Waals surface area (Å²) < 4.78 is 6.98. The molecule has 0 aliphatic rings. The summed E-state index contributed by atoms with van der Waals surface area (Å²) in [6.45, 7) is 6.54. The first-order valence-electron chi connectivity index (χ1n) is 7.73. The molecule has 0 fully saturated rings. The van der Waals surface area contributed by atoms with Crippen LogP contribution >= 0.6 is 11.6 Å². The SMILES string of the molecule is CCOC(=O)c1c(C(O)c2ccc(CCl)cc2)c(C)cn1CC. The molecule has 23 heavy (non-hydrogen) atoms. The van der Waals surface area contributed by atoms with E-state index in [4.69, 9.17) is 16.3 Å². The average Bonchev–Trinajstić information content (AvgIpc) is 2.91. The molecule has 1 N–H and O–H groups in total. The number of esters is 1. The predicted octanol–water partition coefficient (Wildman–Crippen LogP) is 3.81. The van der Waals surface area contributed by atoms with Gasteiger partial charge in [0.05, 0.1) is 6.61 Å². The third-order valence-corrected chi connectivity index (χ3v) is 4.16. The number of aromatic nitrogens is 1. The third kappa shape index (κ3) is 3.59. The number of carbonyl (C=O) groups excluding carboxylic acids is 1. The highest BCUT2D eigenvalue weighted by Gasteiger charge is 2.26. The highest BCUT2D eigenvalue weighted by atomic mass is 35.5. The van der Waals surface area contributed by atoms with Crippen LogP contribution in [0.5, 0.6) is 0 Å². The summed E-state index contributed by atoms with van der Waals surface area (Å²) in [7, 11) is 0. The molecule has 0 spiro atoms. The first-order valence-corrected chi connectivity index (χ1v) is 8.26. The lowest BCUT2D eigenvalue weighted by Crippen LogP contribution is -2.15. The number of carbonyl (C=O) groups is 1. The molecule has 1 unspecified atom stereocenters. The molecule has 0 bridgehead atoms. The maximum absolute atomic E-state index is 12.3. The van der Waals surface area contributed by atoms with E-state index in [0.717, 1.165) is 16.7 Å². The van der Waals surface area contributed by atoms with Gasteiger partial charge in [0.2, 0.25) is 0 Å². The highest BCUT2D eigenvalue weighted by molar-refractivity contribution is 6.17. The Morgan fingerprint density at radius 2 is 1.96 bits per heavy atom. The minimum Gasteiger partial charge on any atom is -0.461 e. The molecule has 2 rings (SSSR count). The van der Waals surface area contributed by atoms with Crippen LogP contribution in [0.15, 0.2) is 30.5 Å². The Hall–Kier alpha value is -1.78. The van der Waals surface area contributed by atoms with Gasteiger partial charge in [-0.05, 0) is 37.5 Å². The summed E-state index contributed by atoms with van der Waals surface area (Å²) in [6.07, 6.45) is 0.990. The number of ether oxygens (including phenoxy) is 1. The number of aliphatic hydroxyl groups is 1. The monoisotopic (exact) mass is 335 g/mol. The van der Waals surface area contributed by atoms with E-state index in [0.29, 0.717) is 30.3 Å². The molecule has 1 aromatic heterocycles. The van der Waals surface area contributed by atoms with Crippen molar-refractivity contribution in [3.05, 3.63) is 58.4 Å². The Balaban J connectivity index is 2.47. The van der Waals surface area contributed by atoms with Crippen molar-refractivity contribution < 1.29 is 14.6 Å². The lowest BCUT2D eigenvalue weighted by atomic mass is 9.98. The fourth-order valence-corrected chi connectivity index (χ4v) is 2.86. The van der Waals surface area contributed by atoms with Crippen LogP contribution in [-0.2, 0) is 17.2 Å². The van der Waals surface area contributed by atoms with E-state index in [1.165, 1.54) is 0 Å². The minimum absolute atomic E-state index is 0.298. The first kappa shape index (κ1) is 17.6. The number of hydrogen-bond donors (Lipinski definition) is 1. The standard InChI is InChI=1S/C18H22ClNO3/c1-4-20-11-12(3)15(16(20)18(22)23-5-2)17(21)14-8-6-13(10-19)7-9-14/h6-9,11,17,21H,4-5,10H2,1-3H3. The van der Waals surface area contributed by atoms with Crippen LogP contribution in [0.25, 0.3) is 0 Å². The number of hydrogen-bond acceptors (Lipinski definition) is 3. The number of alkyl halides is 1. The van der Waals surface area contributed by atoms with E-state index in [9.17, 15) is 9.90 Å². The number of benzene rings is 1. The molecule has 0 radical (unpaired) electrons. The Bertz CT molecular complexity index is 676. The van der Waals surface area contributed by atoms with Gasteiger partial charge in [0.1, 0.15) is 11.8 Å². The second-order valence-electron chi connectivity index (χ2n) is 5.36. The average molecular weight is 336 g/mol. The Labute approximate surface area is 141 Å². The summed E-state index contributed by atoms with van der Waals surface area (Å²) in [5, 5.41) is 10.8. The van der Waals surface area contributed by atoms with Crippen molar-refractivity contribution in [3.8, 4) is 0 Å². The Kier molecular flexibility index (Phi) is 5.85. The summed E-state index contributed by atoms with van der Waals surface area (Å²) in [4.78, 5) is 12.3. The van der Waals surface area contributed by atoms with Crippen molar-refractivity contribution in [2.24, 2.45) is 0 Å². The molecule has 1 aromatic carbocycles. The van der Waals surface area contributed by atoms with Crippen LogP contribution in [0.1, 0.15) is 52.7 Å². The van der Waals surface area contributed by atoms with Crippen LogP contribution in [0.3, 0.4) is 0 Å². The maximum Gasteiger partial charge on any atom is 0.355 e. The zero-order chi connectivity index (χ0) is 17.0. The molecule has 1 atom stereocenters. The smallest absolute Gasteiger partial charge is 0.355 e. The van der Waals surface area contributed by atoms with Crippen molar-refractivity contribution in [2.75, 3.05) is 6.61 Å². The van der Waals surface area contributed by atoms with Crippen LogP contribution in [0.4, 0.5) is 0 Å². The van der Waals surface area contributed by atoms with Gasteiger partial charge in [0, 0.05) is 24.2 Å². The van der Waals surface area contributed by atoms with E-state index in [1.54, 1.807) is 6.92 Å². The lowest BCUT2D eigenvalue weighted by Gasteiger charge is -2.15. The predicted molar refractivity (Wildman–Crippen MR) is 90.9 cm³/mol. The molecule has 1 heterocycles. The van der Waals surface area contributed by atoms with Crippen molar-refractivity contribution in [1.82, 2.24) is 4.57 Å². The van der Waals surface area contributed by atoms with Gasteiger partial charge in [-0.25, -0.2) is 4.79 Å². The van der Waals surface area contributed by atoms with E-state index >= 15 is 0 Å². The molecule has 5 heteroatoms. The molecule has 2 aromatic rings. The second-order valence-corrected chi connectivity index (χ2v) is 5.63. The minimum atomic E-state index is -0.883. The van der Waals surface area contributed by atoms with E-state index < -0.39 is 12.1 Å².